The predicted octanol–water partition coefficient (Wildman–Crippen LogP) is 1.94. The number of carbonyl (C=O) groups is 1. The molecule has 0 saturated carbocycles. The molecule has 1 amide bonds. The Bertz CT molecular complexity index is 557. The van der Waals surface area contributed by atoms with Crippen LogP contribution in [0.25, 0.3) is 0 Å². The van der Waals surface area contributed by atoms with Gasteiger partial charge in [0, 0.05) is 50.1 Å². The summed E-state index contributed by atoms with van der Waals surface area (Å²) < 4.78 is 0. The van der Waals surface area contributed by atoms with Crippen molar-refractivity contribution in [1.82, 2.24) is 15.2 Å². The molecule has 1 fully saturated rings. The molecule has 0 bridgehead atoms. The van der Waals surface area contributed by atoms with E-state index in [1.807, 2.05) is 6.92 Å². The maximum absolute atomic E-state index is 11.2. The molecule has 6 nitrogen and oxygen atoms in total. The summed E-state index contributed by atoms with van der Waals surface area (Å²) in [5.41, 5.74) is 6.45. The molecule has 24 heavy (non-hydrogen) atoms. The SMILES string of the molecule is CCNC(=NCCCc1nc(C)cs1)N1CCCC(CC(N)=O)C1. The number of guanidine groups is 1. The number of carbonyl (C=O) groups excluding carboxylic acids is 1. The van der Waals surface area contributed by atoms with Crippen molar-refractivity contribution in [2.24, 2.45) is 16.6 Å². The Kier molecular flexibility index (Phi) is 7.49. The molecular formula is C17H29N5OS. The number of rotatable bonds is 7. The number of piperidine rings is 1. The average molecular weight is 352 g/mol. The van der Waals surface area contributed by atoms with Crippen LogP contribution in [0.3, 0.4) is 0 Å². The van der Waals surface area contributed by atoms with Crippen LogP contribution in [-0.2, 0) is 11.2 Å². The summed E-state index contributed by atoms with van der Waals surface area (Å²) in [6.07, 6.45) is 4.61. The summed E-state index contributed by atoms with van der Waals surface area (Å²) in [5.74, 6) is 1.10. The second-order valence-electron chi connectivity index (χ2n) is 6.35. The number of amides is 1. The van der Waals surface area contributed by atoms with E-state index in [2.05, 4.69) is 27.5 Å². The molecular weight excluding hydrogens is 322 g/mol. The van der Waals surface area contributed by atoms with Gasteiger partial charge in [0.2, 0.25) is 5.91 Å². The lowest BCUT2D eigenvalue weighted by atomic mass is 9.95. The van der Waals surface area contributed by atoms with Crippen molar-refractivity contribution in [2.45, 2.75) is 46.0 Å². The first-order chi connectivity index (χ1) is 11.6. The topological polar surface area (TPSA) is 83.6 Å². The zero-order valence-corrected chi connectivity index (χ0v) is 15.6. The number of hydrogen-bond donors (Lipinski definition) is 2. The van der Waals surface area contributed by atoms with E-state index in [1.165, 1.54) is 5.01 Å². The van der Waals surface area contributed by atoms with E-state index in [0.717, 1.165) is 63.5 Å². The molecule has 2 heterocycles. The molecule has 1 aliphatic rings. The standard InChI is InChI=1S/C17H29N5OS/c1-3-19-17(20-8-4-7-16-21-13(2)12-24-16)22-9-5-6-14(11-22)10-15(18)23/h12,14H,3-11H2,1-2H3,(H2,18,23)(H,19,20). The molecule has 1 saturated heterocycles. The van der Waals surface area contributed by atoms with Crippen molar-refractivity contribution >= 4 is 23.2 Å². The van der Waals surface area contributed by atoms with Gasteiger partial charge in [-0.2, -0.15) is 0 Å². The lowest BCUT2D eigenvalue weighted by molar-refractivity contribution is -0.119. The van der Waals surface area contributed by atoms with Crippen LogP contribution in [-0.4, -0.2) is 47.9 Å². The van der Waals surface area contributed by atoms with Gasteiger partial charge in [0.1, 0.15) is 0 Å². The highest BCUT2D eigenvalue weighted by atomic mass is 32.1. The third-order valence-corrected chi connectivity index (χ3v) is 5.15. The van der Waals surface area contributed by atoms with Crippen LogP contribution in [0.2, 0.25) is 0 Å². The Morgan fingerprint density at radius 3 is 3.08 bits per heavy atom. The van der Waals surface area contributed by atoms with Crippen LogP contribution in [0.4, 0.5) is 0 Å². The molecule has 0 aromatic carbocycles. The van der Waals surface area contributed by atoms with E-state index < -0.39 is 0 Å². The number of nitrogens with two attached hydrogens (primary N) is 1. The van der Waals surface area contributed by atoms with Gasteiger partial charge >= 0.3 is 0 Å². The summed E-state index contributed by atoms with van der Waals surface area (Å²) in [7, 11) is 0. The minimum atomic E-state index is -0.206. The first-order valence-electron chi connectivity index (χ1n) is 8.81. The van der Waals surface area contributed by atoms with Gasteiger partial charge in [0.25, 0.3) is 0 Å². The molecule has 0 radical (unpaired) electrons. The molecule has 1 aromatic heterocycles. The van der Waals surface area contributed by atoms with Crippen molar-refractivity contribution in [3.8, 4) is 0 Å². The summed E-state index contributed by atoms with van der Waals surface area (Å²) in [5, 5.41) is 6.66. The normalized spacial score (nSPS) is 18.7. The van der Waals surface area contributed by atoms with Gasteiger partial charge in [-0.05, 0) is 39.0 Å². The maximum Gasteiger partial charge on any atom is 0.217 e. The third kappa shape index (κ3) is 6.11. The van der Waals surface area contributed by atoms with Crippen LogP contribution in [0.5, 0.6) is 0 Å². The average Bonchev–Trinajstić information content (AvgIpc) is 2.95. The molecule has 0 spiro atoms. The van der Waals surface area contributed by atoms with Gasteiger partial charge in [0.05, 0.1) is 5.01 Å². The quantitative estimate of drug-likeness (QED) is 0.447. The molecule has 3 N–H and O–H groups in total. The van der Waals surface area contributed by atoms with Gasteiger partial charge in [0.15, 0.2) is 5.96 Å². The van der Waals surface area contributed by atoms with E-state index >= 15 is 0 Å². The molecule has 1 unspecified atom stereocenters. The summed E-state index contributed by atoms with van der Waals surface area (Å²) >= 11 is 1.72. The fourth-order valence-corrected chi connectivity index (χ4v) is 3.89. The van der Waals surface area contributed by atoms with Crippen LogP contribution >= 0.6 is 11.3 Å². The Morgan fingerprint density at radius 2 is 2.42 bits per heavy atom. The number of primary amides is 1. The molecule has 1 aromatic rings. The first-order valence-corrected chi connectivity index (χ1v) is 9.69. The van der Waals surface area contributed by atoms with E-state index in [-0.39, 0.29) is 5.91 Å². The number of aliphatic imine (C=N–C) groups is 1. The monoisotopic (exact) mass is 351 g/mol. The lowest BCUT2D eigenvalue weighted by Gasteiger charge is -2.34. The van der Waals surface area contributed by atoms with Crippen molar-refractivity contribution in [3.05, 3.63) is 16.1 Å². The minimum absolute atomic E-state index is 0.206. The molecule has 134 valence electrons. The predicted molar refractivity (Wildman–Crippen MR) is 99.3 cm³/mol. The number of nitrogens with zero attached hydrogens (tertiary/aromatic N) is 3. The highest BCUT2D eigenvalue weighted by Crippen LogP contribution is 2.19. The van der Waals surface area contributed by atoms with Crippen LogP contribution in [0.15, 0.2) is 10.4 Å². The van der Waals surface area contributed by atoms with Crippen LogP contribution < -0.4 is 11.1 Å². The second kappa shape index (κ2) is 9.61. The van der Waals surface area contributed by atoms with Crippen LogP contribution in [0, 0.1) is 12.8 Å². The summed E-state index contributed by atoms with van der Waals surface area (Å²) in [6.45, 7) is 7.60. The molecule has 7 heteroatoms. The van der Waals surface area contributed by atoms with Gasteiger partial charge in [-0.25, -0.2) is 4.98 Å². The van der Waals surface area contributed by atoms with Crippen molar-refractivity contribution in [1.29, 1.82) is 0 Å². The zero-order chi connectivity index (χ0) is 17.4. The smallest absolute Gasteiger partial charge is 0.217 e. The highest BCUT2D eigenvalue weighted by molar-refractivity contribution is 7.09. The van der Waals surface area contributed by atoms with E-state index in [1.54, 1.807) is 11.3 Å². The van der Waals surface area contributed by atoms with E-state index in [0.29, 0.717) is 12.3 Å². The molecule has 2 rings (SSSR count). The van der Waals surface area contributed by atoms with Crippen molar-refractivity contribution < 1.29 is 4.79 Å². The Balaban J connectivity index is 1.85. The second-order valence-corrected chi connectivity index (χ2v) is 7.29. The number of likely N-dealkylation sites (tertiary alicyclic amines) is 1. The summed E-state index contributed by atoms with van der Waals surface area (Å²) in [4.78, 5) is 22.7. The van der Waals surface area contributed by atoms with Gasteiger partial charge in [-0.15, -0.1) is 11.3 Å². The Labute approximate surface area is 148 Å². The Hall–Kier alpha value is -1.63. The third-order valence-electron chi connectivity index (χ3n) is 4.12. The number of hydrogen-bond acceptors (Lipinski definition) is 4. The van der Waals surface area contributed by atoms with Gasteiger partial charge in [-0.1, -0.05) is 0 Å². The molecule has 1 atom stereocenters. The molecule has 1 aliphatic heterocycles. The van der Waals surface area contributed by atoms with Gasteiger partial charge < -0.3 is 16.0 Å². The summed E-state index contributed by atoms with van der Waals surface area (Å²) in [6, 6.07) is 0. The molecule has 0 aliphatic carbocycles. The Morgan fingerprint density at radius 1 is 1.58 bits per heavy atom. The lowest BCUT2D eigenvalue weighted by Crippen LogP contribution is -2.47. The van der Waals surface area contributed by atoms with E-state index in [9.17, 15) is 4.79 Å². The number of nitrogens with one attached hydrogen (secondary N) is 1. The minimum Gasteiger partial charge on any atom is -0.370 e. The van der Waals surface area contributed by atoms with Crippen molar-refractivity contribution in [2.75, 3.05) is 26.2 Å². The van der Waals surface area contributed by atoms with E-state index in [4.69, 9.17) is 10.7 Å². The van der Waals surface area contributed by atoms with Gasteiger partial charge in [-0.3, -0.25) is 9.79 Å². The van der Waals surface area contributed by atoms with Crippen LogP contribution in [0.1, 0.15) is 43.3 Å². The highest BCUT2D eigenvalue weighted by Gasteiger charge is 2.23. The first kappa shape index (κ1) is 18.7. The fourth-order valence-electron chi connectivity index (χ4n) is 3.07. The zero-order valence-electron chi connectivity index (χ0n) is 14.8. The number of aromatic nitrogens is 1. The van der Waals surface area contributed by atoms with Crippen molar-refractivity contribution in [3.63, 3.8) is 0 Å². The fraction of sp³-hybridized carbons (Fsp3) is 0.706. The maximum atomic E-state index is 11.2. The number of thiazole rings is 1. The largest absolute Gasteiger partial charge is 0.370 e. The number of aryl methyl sites for hydroxylation is 2.